The smallest absolute Gasteiger partial charge is 0.154 e. The zero-order valence-corrected chi connectivity index (χ0v) is 6.97. The maximum Gasteiger partial charge on any atom is 0.154 e. The van der Waals surface area contributed by atoms with Gasteiger partial charge in [-0.15, -0.1) is 12.4 Å². The average Bonchev–Trinajstić information content (AvgIpc) is 1.64. The highest BCUT2D eigenvalue weighted by Gasteiger charge is 2.08. The van der Waals surface area contributed by atoms with Gasteiger partial charge >= 0.3 is 0 Å². The SMILES string of the molecule is C[C@@H]1CCN=C(N)S1.Cl. The van der Waals surface area contributed by atoms with Gasteiger partial charge in [0.15, 0.2) is 5.17 Å². The Morgan fingerprint density at radius 3 is 2.78 bits per heavy atom. The summed E-state index contributed by atoms with van der Waals surface area (Å²) in [6.45, 7) is 3.09. The van der Waals surface area contributed by atoms with Crippen molar-refractivity contribution >= 4 is 29.3 Å². The lowest BCUT2D eigenvalue weighted by Gasteiger charge is -2.13. The summed E-state index contributed by atoms with van der Waals surface area (Å²) in [6, 6.07) is 0. The number of hydrogen-bond acceptors (Lipinski definition) is 3. The van der Waals surface area contributed by atoms with Gasteiger partial charge in [0.05, 0.1) is 0 Å². The standard InChI is InChI=1S/C5H10N2S.ClH/c1-4-2-3-7-5(6)8-4;/h4H,2-3H2,1H3,(H2,6,7);1H/t4-;/m1./s1. The normalized spacial score (nSPS) is 26.3. The van der Waals surface area contributed by atoms with Crippen LogP contribution in [0.25, 0.3) is 0 Å². The molecule has 0 saturated heterocycles. The number of amidine groups is 1. The molecule has 0 aromatic carbocycles. The van der Waals surface area contributed by atoms with Crippen molar-refractivity contribution in [1.82, 2.24) is 0 Å². The lowest BCUT2D eigenvalue weighted by Crippen LogP contribution is -2.17. The Kier molecular flexibility index (Phi) is 4.06. The van der Waals surface area contributed by atoms with Gasteiger partial charge in [0.2, 0.25) is 0 Å². The molecule has 0 bridgehead atoms. The third-order valence-corrected chi connectivity index (χ3v) is 2.13. The van der Waals surface area contributed by atoms with Crippen LogP contribution in [0.4, 0.5) is 0 Å². The second kappa shape index (κ2) is 4.01. The van der Waals surface area contributed by atoms with Crippen LogP contribution in [0.3, 0.4) is 0 Å². The molecule has 0 saturated carbocycles. The number of thioether (sulfide) groups is 1. The van der Waals surface area contributed by atoms with E-state index in [4.69, 9.17) is 5.73 Å². The molecule has 0 radical (unpaired) electrons. The van der Waals surface area contributed by atoms with E-state index in [1.165, 1.54) is 6.42 Å². The van der Waals surface area contributed by atoms with Crippen LogP contribution in [0.1, 0.15) is 13.3 Å². The van der Waals surface area contributed by atoms with Crippen LogP contribution in [0.2, 0.25) is 0 Å². The van der Waals surface area contributed by atoms with Crippen LogP contribution in [-0.4, -0.2) is 17.0 Å². The van der Waals surface area contributed by atoms with E-state index in [1.54, 1.807) is 11.8 Å². The van der Waals surface area contributed by atoms with Crippen molar-refractivity contribution in [3.05, 3.63) is 0 Å². The quantitative estimate of drug-likeness (QED) is 0.588. The summed E-state index contributed by atoms with van der Waals surface area (Å²) in [5, 5.41) is 1.43. The van der Waals surface area contributed by atoms with Gasteiger partial charge in [0, 0.05) is 11.8 Å². The molecule has 0 aromatic heterocycles. The van der Waals surface area contributed by atoms with E-state index in [9.17, 15) is 0 Å². The number of rotatable bonds is 0. The van der Waals surface area contributed by atoms with Gasteiger partial charge in [-0.05, 0) is 6.42 Å². The minimum Gasteiger partial charge on any atom is -0.379 e. The first kappa shape index (κ1) is 9.11. The Balaban J connectivity index is 0.000000640. The van der Waals surface area contributed by atoms with Crippen molar-refractivity contribution in [3.63, 3.8) is 0 Å². The fourth-order valence-corrected chi connectivity index (χ4v) is 1.46. The first-order valence-electron chi connectivity index (χ1n) is 2.75. The molecule has 0 aliphatic carbocycles. The van der Waals surface area contributed by atoms with Crippen molar-refractivity contribution in [2.24, 2.45) is 10.7 Å². The molecule has 1 rings (SSSR count). The summed E-state index contributed by atoms with van der Waals surface area (Å²) in [6.07, 6.45) is 1.17. The maximum atomic E-state index is 5.44. The van der Waals surface area contributed by atoms with Crippen LogP contribution in [0.5, 0.6) is 0 Å². The molecule has 0 fully saturated rings. The van der Waals surface area contributed by atoms with E-state index in [2.05, 4.69) is 11.9 Å². The monoisotopic (exact) mass is 166 g/mol. The molecule has 9 heavy (non-hydrogen) atoms. The number of nitrogens with zero attached hydrogens (tertiary/aromatic N) is 1. The number of hydrogen-bond donors (Lipinski definition) is 1. The van der Waals surface area contributed by atoms with Gasteiger partial charge in [0.1, 0.15) is 0 Å². The van der Waals surface area contributed by atoms with Gasteiger partial charge in [0.25, 0.3) is 0 Å². The fraction of sp³-hybridized carbons (Fsp3) is 0.800. The lowest BCUT2D eigenvalue weighted by molar-refractivity contribution is 0.818. The highest BCUT2D eigenvalue weighted by Crippen LogP contribution is 2.17. The van der Waals surface area contributed by atoms with Gasteiger partial charge in [-0.25, -0.2) is 0 Å². The number of halogens is 1. The van der Waals surface area contributed by atoms with Crippen LogP contribution >= 0.6 is 24.2 Å². The molecule has 0 amide bonds. The van der Waals surface area contributed by atoms with E-state index < -0.39 is 0 Å². The fourth-order valence-electron chi connectivity index (χ4n) is 0.659. The number of nitrogens with two attached hydrogens (primary N) is 1. The summed E-state index contributed by atoms with van der Waals surface area (Å²) < 4.78 is 0. The van der Waals surface area contributed by atoms with Gasteiger partial charge in [-0.1, -0.05) is 18.7 Å². The molecular weight excluding hydrogens is 156 g/mol. The molecule has 0 unspecified atom stereocenters. The Hall–Kier alpha value is 0.110. The number of aliphatic imine (C=N–C) groups is 1. The summed E-state index contributed by atoms with van der Waals surface area (Å²) in [7, 11) is 0. The average molecular weight is 167 g/mol. The molecule has 4 heteroatoms. The first-order valence-corrected chi connectivity index (χ1v) is 3.63. The molecule has 1 aliphatic rings. The van der Waals surface area contributed by atoms with E-state index in [0.29, 0.717) is 5.25 Å². The van der Waals surface area contributed by atoms with Crippen LogP contribution in [0, 0.1) is 0 Å². The van der Waals surface area contributed by atoms with Gasteiger partial charge < -0.3 is 5.73 Å². The van der Waals surface area contributed by atoms with Crippen molar-refractivity contribution in [3.8, 4) is 0 Å². The minimum atomic E-state index is 0. The molecule has 1 atom stereocenters. The predicted molar refractivity (Wildman–Crippen MR) is 45.4 cm³/mol. The summed E-state index contributed by atoms with van der Waals surface area (Å²) >= 11 is 1.67. The molecule has 54 valence electrons. The van der Waals surface area contributed by atoms with E-state index >= 15 is 0 Å². The largest absolute Gasteiger partial charge is 0.379 e. The van der Waals surface area contributed by atoms with Crippen LogP contribution < -0.4 is 5.73 Å². The topological polar surface area (TPSA) is 38.4 Å². The second-order valence-corrected chi connectivity index (χ2v) is 3.40. The van der Waals surface area contributed by atoms with Crippen LogP contribution in [-0.2, 0) is 0 Å². The zero-order chi connectivity index (χ0) is 5.98. The van der Waals surface area contributed by atoms with E-state index in [1.807, 2.05) is 0 Å². The lowest BCUT2D eigenvalue weighted by atomic mass is 10.3. The Bertz CT molecular complexity index is 116. The third-order valence-electron chi connectivity index (χ3n) is 1.13. The molecular formula is C5H11ClN2S. The highest BCUT2D eigenvalue weighted by atomic mass is 35.5. The first-order chi connectivity index (χ1) is 3.79. The molecule has 0 spiro atoms. The van der Waals surface area contributed by atoms with Gasteiger partial charge in [-0.3, -0.25) is 4.99 Å². The third kappa shape index (κ3) is 2.96. The second-order valence-electron chi connectivity index (χ2n) is 1.94. The minimum absolute atomic E-state index is 0. The predicted octanol–water partition coefficient (Wildman–Crippen LogP) is 1.25. The Labute approximate surface area is 65.7 Å². The Morgan fingerprint density at radius 1 is 1.78 bits per heavy atom. The van der Waals surface area contributed by atoms with Crippen LogP contribution in [0.15, 0.2) is 4.99 Å². The Morgan fingerprint density at radius 2 is 2.44 bits per heavy atom. The summed E-state index contributed by atoms with van der Waals surface area (Å²) in [4.78, 5) is 4.04. The molecule has 1 aliphatic heterocycles. The molecule has 2 nitrogen and oxygen atoms in total. The van der Waals surface area contributed by atoms with E-state index in [-0.39, 0.29) is 12.4 Å². The van der Waals surface area contributed by atoms with Gasteiger partial charge in [-0.2, -0.15) is 0 Å². The molecule has 2 N–H and O–H groups in total. The van der Waals surface area contributed by atoms with Crippen molar-refractivity contribution in [2.45, 2.75) is 18.6 Å². The highest BCUT2D eigenvalue weighted by molar-refractivity contribution is 8.14. The summed E-state index contributed by atoms with van der Waals surface area (Å²) in [5.41, 5.74) is 5.44. The van der Waals surface area contributed by atoms with E-state index in [0.717, 1.165) is 11.7 Å². The maximum absolute atomic E-state index is 5.44. The van der Waals surface area contributed by atoms with Crippen molar-refractivity contribution < 1.29 is 0 Å². The summed E-state index contributed by atoms with van der Waals surface area (Å²) in [5.74, 6) is 0. The van der Waals surface area contributed by atoms with Crippen molar-refractivity contribution in [1.29, 1.82) is 0 Å². The zero-order valence-electron chi connectivity index (χ0n) is 5.33. The molecule has 0 aromatic rings. The molecule has 1 heterocycles. The van der Waals surface area contributed by atoms with Crippen molar-refractivity contribution in [2.75, 3.05) is 6.54 Å².